The number of amides is 2. The van der Waals surface area contributed by atoms with Gasteiger partial charge in [0.15, 0.2) is 0 Å². The first kappa shape index (κ1) is 24.0. The Kier molecular flexibility index (Phi) is 7.15. The summed E-state index contributed by atoms with van der Waals surface area (Å²) in [5.74, 6) is -1.56. The maximum absolute atomic E-state index is 12.5. The van der Waals surface area contributed by atoms with E-state index in [1.165, 1.54) is 0 Å². The van der Waals surface area contributed by atoms with Gasteiger partial charge in [0.05, 0.1) is 11.3 Å². The topological polar surface area (TPSA) is 105 Å². The molecule has 1 atom stereocenters. The van der Waals surface area contributed by atoms with E-state index in [2.05, 4.69) is 22.8 Å². The lowest BCUT2D eigenvalue weighted by molar-refractivity contribution is -0.116. The number of carboxylic acids is 1. The van der Waals surface area contributed by atoms with Crippen LogP contribution in [0.15, 0.2) is 66.7 Å². The number of benzene rings is 3. The summed E-state index contributed by atoms with van der Waals surface area (Å²) in [7, 11) is 0. The molecule has 0 aromatic heterocycles. The fourth-order valence-corrected chi connectivity index (χ4v) is 4.47. The molecule has 0 saturated carbocycles. The van der Waals surface area contributed by atoms with Gasteiger partial charge in [0.25, 0.3) is 0 Å². The van der Waals surface area contributed by atoms with Gasteiger partial charge in [-0.3, -0.25) is 4.79 Å². The Bertz CT molecular complexity index is 1220. The molecular weight excluding hydrogens is 444 g/mol. The number of rotatable bonds is 8. The Morgan fingerprint density at radius 2 is 1.60 bits per heavy atom. The Balaban J connectivity index is 1.32. The fraction of sp³-hybridized carbons (Fsp3) is 0.250. The van der Waals surface area contributed by atoms with Crippen LogP contribution in [0, 0.1) is 0 Å². The highest BCUT2D eigenvalue weighted by molar-refractivity contribution is 6.00. The second-order valence-electron chi connectivity index (χ2n) is 8.66. The molecular formula is C28H28N2O5. The van der Waals surface area contributed by atoms with Gasteiger partial charge in [-0.15, -0.1) is 0 Å². The molecule has 0 unspecified atom stereocenters. The number of carbonyl (C=O) groups excluding carboxylic acids is 2. The van der Waals surface area contributed by atoms with Crippen LogP contribution in [0.3, 0.4) is 0 Å². The van der Waals surface area contributed by atoms with E-state index in [9.17, 15) is 19.5 Å². The van der Waals surface area contributed by atoms with Crippen LogP contribution in [-0.2, 0) is 16.0 Å². The van der Waals surface area contributed by atoms with Crippen molar-refractivity contribution in [3.05, 3.63) is 89.0 Å². The van der Waals surface area contributed by atoms with Crippen molar-refractivity contribution < 1.29 is 24.2 Å². The second kappa shape index (κ2) is 10.4. The molecule has 0 fully saturated rings. The summed E-state index contributed by atoms with van der Waals surface area (Å²) in [6.45, 7) is 3.81. The van der Waals surface area contributed by atoms with Gasteiger partial charge in [0, 0.05) is 18.4 Å². The maximum Gasteiger partial charge on any atom is 0.407 e. The molecule has 3 aromatic carbocycles. The average molecular weight is 473 g/mol. The van der Waals surface area contributed by atoms with Crippen molar-refractivity contribution in [1.29, 1.82) is 0 Å². The highest BCUT2D eigenvalue weighted by atomic mass is 16.5. The maximum atomic E-state index is 12.5. The minimum absolute atomic E-state index is 0.0290. The van der Waals surface area contributed by atoms with Crippen molar-refractivity contribution in [3.8, 4) is 11.1 Å². The molecule has 1 aliphatic rings. The average Bonchev–Trinajstić information content (AvgIpc) is 3.16. The van der Waals surface area contributed by atoms with Crippen LogP contribution in [0.1, 0.15) is 53.2 Å². The van der Waals surface area contributed by atoms with E-state index in [-0.39, 0.29) is 30.2 Å². The predicted octanol–water partition coefficient (Wildman–Crippen LogP) is 5.20. The largest absolute Gasteiger partial charge is 0.478 e. The Morgan fingerprint density at radius 1 is 0.971 bits per heavy atom. The second-order valence-corrected chi connectivity index (χ2v) is 8.66. The third-order valence-electron chi connectivity index (χ3n) is 6.20. The van der Waals surface area contributed by atoms with Crippen LogP contribution in [0.25, 0.3) is 11.1 Å². The molecule has 0 heterocycles. The standard InChI is InChI=1S/C28H28N2O5/c1-3-18-12-13-25(23(15-18)27(32)33)30-26(31)14-17(2)29-28(34)35-16-24-21-10-6-4-8-19(21)20-9-5-7-11-22(20)24/h4-13,15,17,24H,3,14,16H2,1-2H3,(H,29,34)(H,30,31)(H,32,33)/t17-/m0/s1. The van der Waals surface area contributed by atoms with Crippen LogP contribution in [0.5, 0.6) is 0 Å². The minimum atomic E-state index is -1.11. The predicted molar refractivity (Wildman–Crippen MR) is 134 cm³/mol. The molecule has 4 rings (SSSR count). The number of hydrogen-bond donors (Lipinski definition) is 3. The summed E-state index contributed by atoms with van der Waals surface area (Å²) in [5, 5.41) is 14.8. The lowest BCUT2D eigenvalue weighted by atomic mass is 9.98. The normalized spacial score (nSPS) is 12.9. The zero-order chi connectivity index (χ0) is 24.9. The molecule has 0 aliphatic heterocycles. The number of nitrogens with one attached hydrogen (secondary N) is 2. The van der Waals surface area contributed by atoms with Gasteiger partial charge in [-0.05, 0) is 53.3 Å². The van der Waals surface area contributed by atoms with Gasteiger partial charge < -0.3 is 20.5 Å². The summed E-state index contributed by atoms with van der Waals surface area (Å²) in [5.41, 5.74) is 5.67. The number of ether oxygens (including phenoxy) is 1. The van der Waals surface area contributed by atoms with E-state index < -0.39 is 24.0 Å². The fourth-order valence-electron chi connectivity index (χ4n) is 4.47. The molecule has 35 heavy (non-hydrogen) atoms. The first-order valence-electron chi connectivity index (χ1n) is 11.6. The van der Waals surface area contributed by atoms with Crippen LogP contribution in [0.4, 0.5) is 10.5 Å². The molecule has 7 nitrogen and oxygen atoms in total. The Morgan fingerprint density at radius 3 is 2.20 bits per heavy atom. The number of carboxylic acid groups (broad SMARTS) is 1. The zero-order valence-electron chi connectivity index (χ0n) is 19.7. The summed E-state index contributed by atoms with van der Waals surface area (Å²) in [6, 6.07) is 20.6. The summed E-state index contributed by atoms with van der Waals surface area (Å²) < 4.78 is 5.53. The van der Waals surface area contributed by atoms with Crippen LogP contribution in [-0.4, -0.2) is 35.7 Å². The summed E-state index contributed by atoms with van der Waals surface area (Å²) in [4.78, 5) is 36.5. The molecule has 0 spiro atoms. The molecule has 2 amide bonds. The molecule has 0 saturated heterocycles. The van der Waals surface area contributed by atoms with Crippen LogP contribution in [0.2, 0.25) is 0 Å². The van der Waals surface area contributed by atoms with Crippen molar-refractivity contribution in [3.63, 3.8) is 0 Å². The SMILES string of the molecule is CCc1ccc(NC(=O)C[C@H](C)NC(=O)OCC2c3ccccc3-c3ccccc32)c(C(=O)O)c1. The van der Waals surface area contributed by atoms with E-state index >= 15 is 0 Å². The van der Waals surface area contributed by atoms with Gasteiger partial charge in [-0.1, -0.05) is 61.5 Å². The van der Waals surface area contributed by atoms with Crippen molar-refractivity contribution in [1.82, 2.24) is 5.32 Å². The zero-order valence-corrected chi connectivity index (χ0v) is 19.7. The highest BCUT2D eigenvalue weighted by Gasteiger charge is 2.29. The smallest absolute Gasteiger partial charge is 0.407 e. The van der Waals surface area contributed by atoms with Crippen molar-refractivity contribution in [2.45, 2.75) is 38.6 Å². The summed E-state index contributed by atoms with van der Waals surface area (Å²) >= 11 is 0. The molecule has 0 bridgehead atoms. The number of hydrogen-bond acceptors (Lipinski definition) is 4. The van der Waals surface area contributed by atoms with Crippen LogP contribution >= 0.6 is 0 Å². The van der Waals surface area contributed by atoms with Gasteiger partial charge in [0.2, 0.25) is 5.91 Å². The Hall–Kier alpha value is -4.13. The number of alkyl carbamates (subject to hydrolysis) is 1. The van der Waals surface area contributed by atoms with E-state index in [0.29, 0.717) is 6.42 Å². The van der Waals surface area contributed by atoms with E-state index in [1.807, 2.05) is 43.3 Å². The molecule has 180 valence electrons. The van der Waals surface area contributed by atoms with Crippen LogP contribution < -0.4 is 10.6 Å². The molecule has 7 heteroatoms. The third-order valence-corrected chi connectivity index (χ3v) is 6.20. The third kappa shape index (κ3) is 5.35. The molecule has 3 aromatic rings. The first-order valence-corrected chi connectivity index (χ1v) is 11.6. The monoisotopic (exact) mass is 472 g/mol. The van der Waals surface area contributed by atoms with E-state index in [0.717, 1.165) is 27.8 Å². The van der Waals surface area contributed by atoms with Gasteiger partial charge in [-0.25, -0.2) is 9.59 Å². The molecule has 1 aliphatic carbocycles. The van der Waals surface area contributed by atoms with Gasteiger partial charge in [0.1, 0.15) is 6.61 Å². The number of fused-ring (bicyclic) bond motifs is 3. The quantitative estimate of drug-likeness (QED) is 0.418. The molecule has 0 radical (unpaired) electrons. The number of anilines is 1. The lowest BCUT2D eigenvalue weighted by Gasteiger charge is -2.17. The van der Waals surface area contributed by atoms with E-state index in [4.69, 9.17) is 4.74 Å². The van der Waals surface area contributed by atoms with Crippen molar-refractivity contribution in [2.75, 3.05) is 11.9 Å². The van der Waals surface area contributed by atoms with Gasteiger partial charge >= 0.3 is 12.1 Å². The number of carbonyl (C=O) groups is 3. The summed E-state index contributed by atoms with van der Waals surface area (Å²) in [6.07, 6.45) is 0.0552. The number of aromatic carboxylic acids is 1. The van der Waals surface area contributed by atoms with Crippen molar-refractivity contribution >= 4 is 23.7 Å². The highest BCUT2D eigenvalue weighted by Crippen LogP contribution is 2.44. The van der Waals surface area contributed by atoms with Crippen molar-refractivity contribution in [2.24, 2.45) is 0 Å². The van der Waals surface area contributed by atoms with Gasteiger partial charge in [-0.2, -0.15) is 0 Å². The molecule has 3 N–H and O–H groups in total. The lowest BCUT2D eigenvalue weighted by Crippen LogP contribution is -2.36. The van der Waals surface area contributed by atoms with E-state index in [1.54, 1.807) is 25.1 Å². The first-order chi connectivity index (χ1) is 16.9. The Labute approximate surface area is 204 Å². The number of aryl methyl sites for hydroxylation is 1. The minimum Gasteiger partial charge on any atom is -0.478 e.